The molecule has 2 aromatic rings. The average molecular weight is 270 g/mol. The maximum atomic E-state index is 13.5. The van der Waals surface area contributed by atoms with Gasteiger partial charge in [0.1, 0.15) is 12.4 Å². The highest BCUT2D eigenvalue weighted by Crippen LogP contribution is 2.15. The maximum Gasteiger partial charge on any atom is 0.412 e. The summed E-state index contributed by atoms with van der Waals surface area (Å²) in [5.74, 6) is -0.680. The molecule has 0 heterocycles. The number of benzene rings is 2. The van der Waals surface area contributed by atoms with E-state index >= 15 is 0 Å². The average Bonchev–Trinajstić information content (AvgIpc) is 2.48. The minimum atomic E-state index is -0.752. The first kappa shape index (κ1) is 13.6. The van der Waals surface area contributed by atoms with Gasteiger partial charge in [0, 0.05) is 0 Å². The fourth-order valence-electron chi connectivity index (χ4n) is 1.56. The Morgan fingerprint density at radius 2 is 2.00 bits per heavy atom. The molecule has 0 radical (unpaired) electrons. The fraction of sp³-hybridized carbons (Fsp3) is 0.0667. The first-order valence-corrected chi connectivity index (χ1v) is 5.86. The number of carbonyl (C=O) groups is 1. The summed E-state index contributed by atoms with van der Waals surface area (Å²) in [7, 11) is 0. The lowest BCUT2D eigenvalue weighted by Gasteiger charge is -2.08. The largest absolute Gasteiger partial charge is 0.444 e. The minimum Gasteiger partial charge on any atom is -0.444 e. The van der Waals surface area contributed by atoms with Crippen molar-refractivity contribution in [1.29, 1.82) is 5.26 Å². The van der Waals surface area contributed by atoms with Crippen LogP contribution in [0.4, 0.5) is 14.9 Å². The van der Waals surface area contributed by atoms with Crippen molar-refractivity contribution in [1.82, 2.24) is 0 Å². The molecule has 0 aliphatic heterocycles. The predicted molar refractivity (Wildman–Crippen MR) is 71.4 cm³/mol. The number of ether oxygens (including phenoxy) is 1. The van der Waals surface area contributed by atoms with Crippen molar-refractivity contribution in [2.75, 3.05) is 5.32 Å². The molecule has 0 aliphatic carbocycles. The zero-order valence-corrected chi connectivity index (χ0v) is 10.5. The number of hydrogen-bond donors (Lipinski definition) is 1. The van der Waals surface area contributed by atoms with E-state index < -0.39 is 11.9 Å². The summed E-state index contributed by atoms with van der Waals surface area (Å²) in [5, 5.41) is 10.9. The van der Waals surface area contributed by atoms with Gasteiger partial charge in [-0.15, -0.1) is 0 Å². The van der Waals surface area contributed by atoms with E-state index in [1.165, 1.54) is 12.1 Å². The first-order chi connectivity index (χ1) is 9.69. The second kappa shape index (κ2) is 6.34. The van der Waals surface area contributed by atoms with Crippen LogP contribution in [0.5, 0.6) is 0 Å². The van der Waals surface area contributed by atoms with Gasteiger partial charge in [0.05, 0.1) is 17.3 Å². The van der Waals surface area contributed by atoms with Crippen molar-refractivity contribution < 1.29 is 13.9 Å². The van der Waals surface area contributed by atoms with Crippen molar-refractivity contribution >= 4 is 11.8 Å². The van der Waals surface area contributed by atoms with E-state index in [0.717, 1.165) is 11.6 Å². The molecule has 2 rings (SSSR count). The highest BCUT2D eigenvalue weighted by atomic mass is 19.1. The van der Waals surface area contributed by atoms with E-state index in [4.69, 9.17) is 10.00 Å². The lowest BCUT2D eigenvalue weighted by Crippen LogP contribution is -2.14. The molecule has 2 aromatic carbocycles. The molecular weight excluding hydrogens is 259 g/mol. The van der Waals surface area contributed by atoms with E-state index in [-0.39, 0.29) is 17.9 Å². The highest BCUT2D eigenvalue weighted by molar-refractivity contribution is 5.84. The number of amides is 1. The van der Waals surface area contributed by atoms with Crippen LogP contribution in [0.25, 0.3) is 0 Å². The van der Waals surface area contributed by atoms with Gasteiger partial charge in [-0.2, -0.15) is 5.26 Å². The number of carbonyl (C=O) groups excluding carboxylic acids is 1. The topological polar surface area (TPSA) is 62.1 Å². The predicted octanol–water partition coefficient (Wildman–Crippen LogP) is 3.45. The number of anilines is 1. The van der Waals surface area contributed by atoms with Crippen molar-refractivity contribution in [3.8, 4) is 6.07 Å². The summed E-state index contributed by atoms with van der Waals surface area (Å²) in [5.41, 5.74) is 0.996. The highest BCUT2D eigenvalue weighted by Gasteiger charge is 2.08. The molecule has 0 spiro atoms. The van der Waals surface area contributed by atoms with Crippen LogP contribution in [-0.2, 0) is 11.3 Å². The van der Waals surface area contributed by atoms with E-state index in [1.807, 2.05) is 36.4 Å². The summed E-state index contributed by atoms with van der Waals surface area (Å²) in [4.78, 5) is 11.5. The van der Waals surface area contributed by atoms with Gasteiger partial charge in [0.15, 0.2) is 0 Å². The molecular formula is C15H11FN2O2. The third kappa shape index (κ3) is 3.56. The molecule has 0 atom stereocenters. The second-order valence-corrected chi connectivity index (χ2v) is 3.99. The first-order valence-electron chi connectivity index (χ1n) is 5.86. The Morgan fingerprint density at radius 3 is 2.65 bits per heavy atom. The van der Waals surface area contributed by atoms with Crippen molar-refractivity contribution in [3.63, 3.8) is 0 Å². The Hall–Kier alpha value is -2.87. The number of hydrogen-bond acceptors (Lipinski definition) is 3. The van der Waals surface area contributed by atoms with Gasteiger partial charge in [-0.3, -0.25) is 5.32 Å². The molecule has 1 amide bonds. The van der Waals surface area contributed by atoms with Crippen LogP contribution < -0.4 is 5.32 Å². The van der Waals surface area contributed by atoms with Crippen LogP contribution in [0.2, 0.25) is 0 Å². The summed E-state index contributed by atoms with van der Waals surface area (Å²) < 4.78 is 18.5. The van der Waals surface area contributed by atoms with Gasteiger partial charge < -0.3 is 4.74 Å². The molecule has 4 nitrogen and oxygen atoms in total. The summed E-state index contributed by atoms with van der Waals surface area (Å²) >= 11 is 0. The van der Waals surface area contributed by atoms with Crippen LogP contribution in [0.1, 0.15) is 11.1 Å². The minimum absolute atomic E-state index is 0.0259. The lowest BCUT2D eigenvalue weighted by atomic mass is 10.2. The van der Waals surface area contributed by atoms with Gasteiger partial charge >= 0.3 is 6.09 Å². The summed E-state index contributed by atoms with van der Waals surface area (Å²) in [6.45, 7) is 0.102. The van der Waals surface area contributed by atoms with Crippen molar-refractivity contribution in [3.05, 3.63) is 65.5 Å². The zero-order valence-electron chi connectivity index (χ0n) is 10.5. The molecule has 1 N–H and O–H groups in total. The Labute approximate surface area is 115 Å². The number of rotatable bonds is 3. The molecule has 20 heavy (non-hydrogen) atoms. The van der Waals surface area contributed by atoms with Gasteiger partial charge in [0.2, 0.25) is 0 Å². The van der Waals surface area contributed by atoms with Crippen LogP contribution in [0.15, 0.2) is 48.5 Å². The monoisotopic (exact) mass is 270 g/mol. The molecule has 0 aliphatic rings. The van der Waals surface area contributed by atoms with Gasteiger partial charge in [-0.1, -0.05) is 30.3 Å². The quantitative estimate of drug-likeness (QED) is 0.929. The van der Waals surface area contributed by atoms with Gasteiger partial charge in [-0.05, 0) is 23.8 Å². The van der Waals surface area contributed by atoms with Crippen molar-refractivity contribution in [2.24, 2.45) is 0 Å². The molecule has 0 bridgehead atoms. The van der Waals surface area contributed by atoms with Crippen LogP contribution >= 0.6 is 0 Å². The number of nitriles is 1. The number of halogens is 1. The Kier molecular flexibility index (Phi) is 4.30. The van der Waals surface area contributed by atoms with Gasteiger partial charge in [0.25, 0.3) is 0 Å². The van der Waals surface area contributed by atoms with E-state index in [0.29, 0.717) is 0 Å². The smallest absolute Gasteiger partial charge is 0.412 e. The van der Waals surface area contributed by atoms with Crippen LogP contribution in [-0.4, -0.2) is 6.09 Å². The molecule has 0 saturated heterocycles. The Balaban J connectivity index is 1.93. The summed E-state index contributed by atoms with van der Waals surface area (Å²) in [6.07, 6.45) is -0.752. The maximum absolute atomic E-state index is 13.5. The van der Waals surface area contributed by atoms with Crippen LogP contribution in [0, 0.1) is 17.1 Å². The van der Waals surface area contributed by atoms with E-state index in [9.17, 15) is 9.18 Å². The molecule has 0 unspecified atom stereocenters. The zero-order chi connectivity index (χ0) is 14.4. The second-order valence-electron chi connectivity index (χ2n) is 3.99. The number of nitrogens with zero attached hydrogens (tertiary/aromatic N) is 1. The Bertz CT molecular complexity index is 651. The van der Waals surface area contributed by atoms with Crippen LogP contribution in [0.3, 0.4) is 0 Å². The van der Waals surface area contributed by atoms with E-state index in [2.05, 4.69) is 5.32 Å². The molecule has 0 aromatic heterocycles. The van der Waals surface area contributed by atoms with Gasteiger partial charge in [-0.25, -0.2) is 9.18 Å². The SMILES string of the molecule is N#Cc1ccc(NC(=O)OCc2ccccc2)c(F)c1. The molecule has 5 heteroatoms. The molecule has 0 saturated carbocycles. The number of nitrogens with one attached hydrogen (secondary N) is 1. The third-order valence-electron chi connectivity index (χ3n) is 2.55. The summed E-state index contributed by atoms with van der Waals surface area (Å²) in [6, 6.07) is 14.7. The molecule has 100 valence electrons. The van der Waals surface area contributed by atoms with Crippen molar-refractivity contribution in [2.45, 2.75) is 6.61 Å². The lowest BCUT2D eigenvalue weighted by molar-refractivity contribution is 0.155. The van der Waals surface area contributed by atoms with E-state index in [1.54, 1.807) is 0 Å². The fourth-order valence-corrected chi connectivity index (χ4v) is 1.56. The third-order valence-corrected chi connectivity index (χ3v) is 2.55. The Morgan fingerprint density at radius 1 is 1.25 bits per heavy atom. The molecule has 0 fully saturated rings. The standard InChI is InChI=1S/C15H11FN2O2/c16-13-8-12(9-17)6-7-14(13)18-15(19)20-10-11-4-2-1-3-5-11/h1-8H,10H2,(H,18,19). The normalized spacial score (nSPS) is 9.60.